The molecule has 136 valence electrons. The van der Waals surface area contributed by atoms with Crippen molar-refractivity contribution in [2.24, 2.45) is 0 Å². The first-order valence-electron chi connectivity index (χ1n) is 5.05. The highest BCUT2D eigenvalue weighted by Crippen LogP contribution is 2.77. The maximum absolute atomic E-state index is 13.8. The molecule has 2 rings (SSSR count). The zero-order valence-corrected chi connectivity index (χ0v) is 9.70. The molecule has 2 unspecified atom stereocenters. The first-order valence-corrected chi connectivity index (χ1v) is 5.05. The van der Waals surface area contributed by atoms with Crippen molar-refractivity contribution in [2.75, 3.05) is 0 Å². The van der Waals surface area contributed by atoms with Crippen LogP contribution in [0.5, 0.6) is 0 Å². The lowest BCUT2D eigenvalue weighted by Crippen LogP contribution is -2.86. The molecule has 0 spiro atoms. The van der Waals surface area contributed by atoms with E-state index in [9.17, 15) is 61.5 Å². The number of fused-ring (bicyclic) bond motifs is 1. The van der Waals surface area contributed by atoms with Gasteiger partial charge in [-0.3, -0.25) is 4.74 Å². The predicted molar refractivity (Wildman–Crippen MR) is 38.4 cm³/mol. The first-order chi connectivity index (χ1) is 9.71. The van der Waals surface area contributed by atoms with Gasteiger partial charge in [0.2, 0.25) is 0 Å². The summed E-state index contributed by atoms with van der Waals surface area (Å²) in [4.78, 5) is 0. The van der Waals surface area contributed by atoms with E-state index >= 15 is 0 Å². The fourth-order valence-corrected chi connectivity index (χ4v) is 2.21. The molecule has 0 amide bonds. The van der Waals surface area contributed by atoms with E-state index in [2.05, 4.69) is 0 Å². The molecule has 1 saturated carbocycles. The van der Waals surface area contributed by atoms with Gasteiger partial charge in [0, 0.05) is 0 Å². The summed E-state index contributed by atoms with van der Waals surface area (Å²) in [6.07, 6.45) is -6.86. The Morgan fingerprint density at radius 3 is 1.13 bits per heavy atom. The molecule has 15 heteroatoms. The molecule has 0 bridgehead atoms. The van der Waals surface area contributed by atoms with E-state index in [1.54, 1.807) is 0 Å². The molecule has 2 atom stereocenters. The van der Waals surface area contributed by atoms with Crippen LogP contribution in [-0.4, -0.2) is 47.2 Å². The van der Waals surface area contributed by atoms with Crippen LogP contribution in [0.15, 0.2) is 0 Å². The van der Waals surface area contributed by atoms with Gasteiger partial charge in [0.1, 0.15) is 0 Å². The Morgan fingerprint density at radius 1 is 0.391 bits per heavy atom. The van der Waals surface area contributed by atoms with Gasteiger partial charge in [-0.15, -0.1) is 0 Å². The Labute approximate surface area is 115 Å². The maximum Gasteiger partial charge on any atom is 0.426 e. The summed E-state index contributed by atoms with van der Waals surface area (Å²) < 4.78 is 185. The number of hydrogen-bond donors (Lipinski definition) is 0. The zero-order chi connectivity index (χ0) is 18.7. The smallest absolute Gasteiger partial charge is 0.269 e. The fourth-order valence-electron chi connectivity index (χ4n) is 2.21. The van der Waals surface area contributed by atoms with Crippen molar-refractivity contribution in [3.05, 3.63) is 0 Å². The van der Waals surface area contributed by atoms with Gasteiger partial charge in [-0.25, -0.2) is 8.78 Å². The molecule has 0 aromatic carbocycles. The quantitative estimate of drug-likeness (QED) is 0.575. The molecule has 0 N–H and O–H groups in total. The summed E-state index contributed by atoms with van der Waals surface area (Å²) in [5.74, 6) is -44.9. The van der Waals surface area contributed by atoms with E-state index in [1.807, 2.05) is 4.74 Å². The fraction of sp³-hybridized carbons (Fsp3) is 1.00. The van der Waals surface area contributed by atoms with Crippen LogP contribution in [0, 0.1) is 0 Å². The molecule has 2 fully saturated rings. The van der Waals surface area contributed by atoms with Crippen LogP contribution < -0.4 is 0 Å². The summed E-state index contributed by atoms with van der Waals surface area (Å²) in [5, 5.41) is 0. The number of rotatable bonds is 0. The summed E-state index contributed by atoms with van der Waals surface area (Å²) in [7, 11) is 0. The largest absolute Gasteiger partial charge is 0.426 e. The van der Waals surface area contributed by atoms with Crippen molar-refractivity contribution in [1.82, 2.24) is 0 Å². The van der Waals surface area contributed by atoms with Gasteiger partial charge in [-0.1, -0.05) is 0 Å². The molecular weight excluding hydrogens is 378 g/mol. The van der Waals surface area contributed by atoms with Crippen LogP contribution in [0.1, 0.15) is 0 Å². The van der Waals surface area contributed by atoms with Crippen LogP contribution in [0.4, 0.5) is 61.5 Å². The van der Waals surface area contributed by atoms with Crippen LogP contribution in [0.3, 0.4) is 0 Å². The predicted octanol–water partition coefficient (Wildman–Crippen LogP) is 4.17. The Hall–Kier alpha value is -1.02. The van der Waals surface area contributed by atoms with E-state index in [1.165, 1.54) is 0 Å². The summed E-state index contributed by atoms with van der Waals surface area (Å²) >= 11 is 0. The molecule has 0 aromatic heterocycles. The highest BCUT2D eigenvalue weighted by Gasteiger charge is 3.10. The Balaban J connectivity index is 2.99. The standard InChI is InChI=1S/C8F14O/c9-1-2(10,11)4(14,15)5(16,17)6(18,19)7(1,20)23-8(21,22)3(1,12)13. The minimum Gasteiger partial charge on any atom is -0.269 e. The molecule has 1 heterocycles. The Bertz CT molecular complexity index is 551. The van der Waals surface area contributed by atoms with E-state index in [4.69, 9.17) is 0 Å². The van der Waals surface area contributed by atoms with E-state index < -0.39 is 47.2 Å². The van der Waals surface area contributed by atoms with Gasteiger partial charge < -0.3 is 0 Å². The number of alkyl halides is 14. The minimum absolute atomic E-state index is 1.87. The third-order valence-corrected chi connectivity index (χ3v) is 3.53. The normalized spacial score (nSPS) is 44.6. The SMILES string of the molecule is FC1(F)OC2(F)C(F)(F)C(F)(F)C(F)(F)C(F)(F)C2(F)C1(F)F. The maximum atomic E-state index is 13.8. The topological polar surface area (TPSA) is 9.23 Å². The van der Waals surface area contributed by atoms with Crippen molar-refractivity contribution >= 4 is 0 Å². The number of halogens is 14. The van der Waals surface area contributed by atoms with E-state index in [0.29, 0.717) is 0 Å². The Kier molecular flexibility index (Phi) is 2.90. The van der Waals surface area contributed by atoms with E-state index in [0.717, 1.165) is 0 Å². The molecule has 0 aromatic rings. The second-order valence-corrected chi connectivity index (χ2v) is 4.74. The van der Waals surface area contributed by atoms with Gasteiger partial charge in [0.25, 0.3) is 0 Å². The summed E-state index contributed by atoms with van der Waals surface area (Å²) in [6.45, 7) is 0. The number of ether oxygens (including phenoxy) is 1. The van der Waals surface area contributed by atoms with Gasteiger partial charge in [-0.2, -0.15) is 52.7 Å². The molecule has 2 aliphatic rings. The van der Waals surface area contributed by atoms with Gasteiger partial charge in [0.05, 0.1) is 0 Å². The highest BCUT2D eigenvalue weighted by atomic mass is 19.4. The molecule has 1 nitrogen and oxygen atoms in total. The van der Waals surface area contributed by atoms with Crippen molar-refractivity contribution in [3.8, 4) is 0 Å². The second-order valence-electron chi connectivity index (χ2n) is 4.74. The average molecular weight is 378 g/mol. The number of hydrogen-bond acceptors (Lipinski definition) is 1. The van der Waals surface area contributed by atoms with Gasteiger partial charge >= 0.3 is 47.2 Å². The second kappa shape index (κ2) is 3.64. The summed E-state index contributed by atoms with van der Waals surface area (Å²) in [5.41, 5.74) is -7.51. The Morgan fingerprint density at radius 2 is 0.739 bits per heavy atom. The molecule has 1 aliphatic carbocycles. The van der Waals surface area contributed by atoms with Crippen molar-refractivity contribution in [1.29, 1.82) is 0 Å². The minimum atomic E-state index is -7.70. The highest BCUT2D eigenvalue weighted by molar-refractivity contribution is 5.34. The molecule has 0 radical (unpaired) electrons. The van der Waals surface area contributed by atoms with Crippen molar-refractivity contribution in [2.45, 2.75) is 47.2 Å². The van der Waals surface area contributed by atoms with Crippen LogP contribution in [0.25, 0.3) is 0 Å². The monoisotopic (exact) mass is 378 g/mol. The zero-order valence-electron chi connectivity index (χ0n) is 9.70. The average Bonchev–Trinajstić information content (AvgIpc) is 2.44. The lowest BCUT2D eigenvalue weighted by Gasteiger charge is -2.52. The van der Waals surface area contributed by atoms with Crippen LogP contribution >= 0.6 is 0 Å². The van der Waals surface area contributed by atoms with Gasteiger partial charge in [0.15, 0.2) is 0 Å². The first kappa shape index (κ1) is 18.3. The molecule has 23 heavy (non-hydrogen) atoms. The molecule has 1 aliphatic heterocycles. The van der Waals surface area contributed by atoms with Crippen molar-refractivity contribution in [3.63, 3.8) is 0 Å². The van der Waals surface area contributed by atoms with Crippen molar-refractivity contribution < 1.29 is 66.2 Å². The molecule has 1 saturated heterocycles. The molecular formula is C8F14O. The third-order valence-electron chi connectivity index (χ3n) is 3.53. The third kappa shape index (κ3) is 1.28. The summed E-state index contributed by atoms with van der Waals surface area (Å²) in [6, 6.07) is 0. The lowest BCUT2D eigenvalue weighted by molar-refractivity contribution is -0.500. The van der Waals surface area contributed by atoms with E-state index in [-0.39, 0.29) is 0 Å². The van der Waals surface area contributed by atoms with Gasteiger partial charge in [-0.05, 0) is 0 Å². The lowest BCUT2D eigenvalue weighted by atomic mass is 9.69. The van der Waals surface area contributed by atoms with Crippen LogP contribution in [-0.2, 0) is 4.74 Å². The van der Waals surface area contributed by atoms with Crippen LogP contribution in [0.2, 0.25) is 0 Å².